The molecule has 0 aliphatic heterocycles. The van der Waals surface area contributed by atoms with E-state index in [4.69, 9.17) is 10.00 Å². The molecule has 0 spiro atoms. The predicted octanol–water partition coefficient (Wildman–Crippen LogP) is 2.68. The van der Waals surface area contributed by atoms with Crippen molar-refractivity contribution in [3.8, 4) is 17.6 Å². The summed E-state index contributed by atoms with van der Waals surface area (Å²) in [6.45, 7) is 2.46. The molecule has 1 aromatic carbocycles. The van der Waals surface area contributed by atoms with Gasteiger partial charge < -0.3 is 10.1 Å². The molecule has 7 heteroatoms. The SMILES string of the molecule is CCOc1cc(Nc2ncn(-c3ccc(C#N)cc3)n2)ccn1. The fourth-order valence-corrected chi connectivity index (χ4v) is 1.98. The van der Waals surface area contributed by atoms with Crippen LogP contribution in [0.3, 0.4) is 0 Å². The van der Waals surface area contributed by atoms with Gasteiger partial charge in [0.1, 0.15) is 6.33 Å². The van der Waals surface area contributed by atoms with Gasteiger partial charge in [-0.05, 0) is 37.3 Å². The van der Waals surface area contributed by atoms with Gasteiger partial charge in [0.25, 0.3) is 0 Å². The highest BCUT2D eigenvalue weighted by atomic mass is 16.5. The third-order valence-electron chi connectivity index (χ3n) is 3.04. The molecule has 0 aliphatic carbocycles. The van der Waals surface area contributed by atoms with E-state index in [-0.39, 0.29) is 0 Å². The molecule has 0 saturated carbocycles. The number of nitrogens with zero attached hydrogens (tertiary/aromatic N) is 5. The number of aromatic nitrogens is 4. The van der Waals surface area contributed by atoms with E-state index in [1.165, 1.54) is 0 Å². The summed E-state index contributed by atoms with van der Waals surface area (Å²) in [6, 6.07) is 12.8. The van der Waals surface area contributed by atoms with Crippen LogP contribution in [0.25, 0.3) is 5.69 Å². The normalized spacial score (nSPS) is 10.1. The molecular weight excluding hydrogens is 292 g/mol. The van der Waals surface area contributed by atoms with Crippen molar-refractivity contribution in [1.29, 1.82) is 5.26 Å². The average molecular weight is 306 g/mol. The molecule has 0 amide bonds. The lowest BCUT2D eigenvalue weighted by atomic mass is 10.2. The zero-order valence-corrected chi connectivity index (χ0v) is 12.5. The standard InChI is InChI=1S/C16H14N6O/c1-2-23-15-9-13(7-8-18-15)20-16-19-11-22(21-16)14-5-3-12(10-17)4-6-14/h3-9,11H,2H2,1H3,(H,18,20,21). The van der Waals surface area contributed by atoms with Crippen molar-refractivity contribution < 1.29 is 4.74 Å². The summed E-state index contributed by atoms with van der Waals surface area (Å²) in [7, 11) is 0. The van der Waals surface area contributed by atoms with Crippen LogP contribution in [0.2, 0.25) is 0 Å². The Morgan fingerprint density at radius 3 is 2.78 bits per heavy atom. The van der Waals surface area contributed by atoms with Crippen LogP contribution in [0.5, 0.6) is 5.88 Å². The largest absolute Gasteiger partial charge is 0.478 e. The lowest BCUT2D eigenvalue weighted by molar-refractivity contribution is 0.327. The predicted molar refractivity (Wildman–Crippen MR) is 84.8 cm³/mol. The molecular formula is C16H14N6O. The Kier molecular flexibility index (Phi) is 4.16. The smallest absolute Gasteiger partial charge is 0.246 e. The molecule has 2 aromatic heterocycles. The average Bonchev–Trinajstić information content (AvgIpc) is 3.04. The zero-order chi connectivity index (χ0) is 16.1. The van der Waals surface area contributed by atoms with Gasteiger partial charge in [-0.2, -0.15) is 10.2 Å². The Balaban J connectivity index is 1.76. The van der Waals surface area contributed by atoms with Gasteiger partial charge in [-0.1, -0.05) is 0 Å². The number of nitrogens with one attached hydrogen (secondary N) is 1. The molecule has 0 atom stereocenters. The van der Waals surface area contributed by atoms with Gasteiger partial charge in [-0.3, -0.25) is 0 Å². The van der Waals surface area contributed by atoms with Gasteiger partial charge >= 0.3 is 0 Å². The number of hydrogen-bond donors (Lipinski definition) is 1. The number of rotatable bonds is 5. The first-order valence-corrected chi connectivity index (χ1v) is 7.06. The van der Waals surface area contributed by atoms with Crippen LogP contribution in [-0.4, -0.2) is 26.4 Å². The van der Waals surface area contributed by atoms with Crippen LogP contribution in [0, 0.1) is 11.3 Å². The Morgan fingerprint density at radius 2 is 2.04 bits per heavy atom. The molecule has 7 nitrogen and oxygen atoms in total. The van der Waals surface area contributed by atoms with E-state index in [1.807, 2.05) is 25.1 Å². The molecule has 0 saturated heterocycles. The molecule has 0 bridgehead atoms. The molecule has 3 rings (SSSR count). The second-order valence-corrected chi connectivity index (χ2v) is 4.61. The minimum atomic E-state index is 0.461. The van der Waals surface area contributed by atoms with Crippen molar-refractivity contribution in [2.45, 2.75) is 6.92 Å². The lowest BCUT2D eigenvalue weighted by Crippen LogP contribution is -1.99. The van der Waals surface area contributed by atoms with Gasteiger partial charge in [-0.15, -0.1) is 5.10 Å². The van der Waals surface area contributed by atoms with E-state index in [0.717, 1.165) is 11.4 Å². The van der Waals surface area contributed by atoms with Gasteiger partial charge in [-0.25, -0.2) is 9.67 Å². The van der Waals surface area contributed by atoms with Crippen molar-refractivity contribution in [2.24, 2.45) is 0 Å². The van der Waals surface area contributed by atoms with E-state index >= 15 is 0 Å². The summed E-state index contributed by atoms with van der Waals surface area (Å²) in [5.74, 6) is 1.01. The van der Waals surface area contributed by atoms with Crippen molar-refractivity contribution in [3.63, 3.8) is 0 Å². The van der Waals surface area contributed by atoms with Crippen molar-refractivity contribution in [1.82, 2.24) is 19.7 Å². The fraction of sp³-hybridized carbons (Fsp3) is 0.125. The number of nitriles is 1. The summed E-state index contributed by atoms with van der Waals surface area (Å²) in [5, 5.41) is 16.3. The Hall–Kier alpha value is -3.40. The molecule has 3 aromatic rings. The maximum Gasteiger partial charge on any atom is 0.246 e. The van der Waals surface area contributed by atoms with Crippen molar-refractivity contribution >= 4 is 11.6 Å². The number of anilines is 2. The van der Waals surface area contributed by atoms with E-state index in [2.05, 4.69) is 26.5 Å². The molecule has 23 heavy (non-hydrogen) atoms. The van der Waals surface area contributed by atoms with E-state index < -0.39 is 0 Å². The van der Waals surface area contributed by atoms with Crippen LogP contribution < -0.4 is 10.1 Å². The second-order valence-electron chi connectivity index (χ2n) is 4.61. The lowest BCUT2D eigenvalue weighted by Gasteiger charge is -2.05. The fourth-order valence-electron chi connectivity index (χ4n) is 1.98. The number of benzene rings is 1. The van der Waals surface area contributed by atoms with Crippen LogP contribution in [0.15, 0.2) is 48.9 Å². The molecule has 114 valence electrons. The first-order valence-electron chi connectivity index (χ1n) is 7.06. The zero-order valence-electron chi connectivity index (χ0n) is 12.5. The first kappa shape index (κ1) is 14.5. The van der Waals surface area contributed by atoms with E-state index in [9.17, 15) is 0 Å². The molecule has 0 radical (unpaired) electrons. The van der Waals surface area contributed by atoms with Crippen LogP contribution in [0.4, 0.5) is 11.6 Å². The van der Waals surface area contributed by atoms with Crippen molar-refractivity contribution in [3.05, 3.63) is 54.5 Å². The minimum Gasteiger partial charge on any atom is -0.478 e. The molecule has 0 unspecified atom stereocenters. The third-order valence-corrected chi connectivity index (χ3v) is 3.04. The molecule has 0 aliphatic rings. The van der Waals surface area contributed by atoms with Gasteiger partial charge in [0.05, 0.1) is 23.9 Å². The second kappa shape index (κ2) is 6.58. The molecule has 0 fully saturated rings. The van der Waals surface area contributed by atoms with Crippen molar-refractivity contribution in [2.75, 3.05) is 11.9 Å². The highest BCUT2D eigenvalue weighted by Crippen LogP contribution is 2.17. The Bertz CT molecular complexity index is 834. The number of ether oxygens (including phenoxy) is 1. The first-order chi connectivity index (χ1) is 11.3. The topological polar surface area (TPSA) is 88.6 Å². The molecule has 2 heterocycles. The van der Waals surface area contributed by atoms with E-state index in [0.29, 0.717) is 24.0 Å². The quantitative estimate of drug-likeness (QED) is 0.779. The summed E-state index contributed by atoms with van der Waals surface area (Å²) >= 11 is 0. The van der Waals surface area contributed by atoms with E-state index in [1.54, 1.807) is 35.4 Å². The van der Waals surface area contributed by atoms with Gasteiger partial charge in [0.2, 0.25) is 11.8 Å². The minimum absolute atomic E-state index is 0.461. The number of pyridine rings is 1. The van der Waals surface area contributed by atoms with Crippen LogP contribution >= 0.6 is 0 Å². The maximum atomic E-state index is 8.82. The summed E-state index contributed by atoms with van der Waals surface area (Å²) in [4.78, 5) is 8.33. The third kappa shape index (κ3) is 3.44. The van der Waals surface area contributed by atoms with Crippen LogP contribution in [0.1, 0.15) is 12.5 Å². The van der Waals surface area contributed by atoms with Gasteiger partial charge in [0.15, 0.2) is 0 Å². The molecule has 1 N–H and O–H groups in total. The van der Waals surface area contributed by atoms with Crippen LogP contribution in [-0.2, 0) is 0 Å². The monoisotopic (exact) mass is 306 g/mol. The Labute approximate surface area is 133 Å². The maximum absolute atomic E-state index is 8.82. The summed E-state index contributed by atoms with van der Waals surface area (Å²) < 4.78 is 6.99. The summed E-state index contributed by atoms with van der Waals surface area (Å²) in [5.41, 5.74) is 2.22. The highest BCUT2D eigenvalue weighted by Gasteiger charge is 2.05. The highest BCUT2D eigenvalue weighted by molar-refractivity contribution is 5.54. The van der Waals surface area contributed by atoms with Gasteiger partial charge in [0, 0.05) is 18.0 Å². The number of hydrogen-bond acceptors (Lipinski definition) is 6. The Morgan fingerprint density at radius 1 is 1.22 bits per heavy atom. The summed E-state index contributed by atoms with van der Waals surface area (Å²) in [6.07, 6.45) is 3.26.